The predicted molar refractivity (Wildman–Crippen MR) is 119 cm³/mol. The fraction of sp³-hybridized carbons (Fsp3) is 0.864. The van der Waals surface area contributed by atoms with Crippen molar-refractivity contribution in [1.82, 2.24) is 8.75 Å². The van der Waals surface area contributed by atoms with Crippen molar-refractivity contribution in [2.24, 2.45) is 0 Å². The molecule has 0 bridgehead atoms. The number of rotatable bonds is 14. The van der Waals surface area contributed by atoms with Crippen LogP contribution in [0.25, 0.3) is 0 Å². The van der Waals surface area contributed by atoms with Crippen LogP contribution in [0, 0.1) is 0 Å². The van der Waals surface area contributed by atoms with Gasteiger partial charge in [-0.15, -0.1) is 4.37 Å². The van der Waals surface area contributed by atoms with Gasteiger partial charge in [0.2, 0.25) is 12.6 Å². The molecule has 0 N–H and O–H groups in total. The molecule has 1 saturated heterocycles. The van der Waals surface area contributed by atoms with Crippen molar-refractivity contribution in [1.29, 1.82) is 0 Å². The lowest BCUT2D eigenvalue weighted by atomic mass is 9.94. The van der Waals surface area contributed by atoms with Crippen molar-refractivity contribution >= 4 is 17.9 Å². The fourth-order valence-electron chi connectivity index (χ4n) is 3.94. The summed E-state index contributed by atoms with van der Waals surface area (Å²) in [5.74, 6) is 0.976. The third kappa shape index (κ3) is 8.76. The lowest BCUT2D eigenvalue weighted by Crippen LogP contribution is -2.52. The van der Waals surface area contributed by atoms with Gasteiger partial charge in [0, 0.05) is 0 Å². The van der Waals surface area contributed by atoms with Crippen molar-refractivity contribution < 1.29 is 23.5 Å². The molecule has 172 valence electrons. The molecule has 2 heterocycles. The molecule has 0 saturated carbocycles. The summed E-state index contributed by atoms with van der Waals surface area (Å²) in [5, 5.41) is 0. The van der Waals surface area contributed by atoms with Gasteiger partial charge in [-0.1, -0.05) is 52.4 Å². The van der Waals surface area contributed by atoms with Gasteiger partial charge in [0.1, 0.15) is 5.69 Å². The van der Waals surface area contributed by atoms with Gasteiger partial charge in [-0.2, -0.15) is 4.37 Å². The summed E-state index contributed by atoms with van der Waals surface area (Å²) in [5.41, 5.74) is 0.970. The number of aromatic nitrogens is 2. The maximum atomic E-state index is 11.9. The van der Waals surface area contributed by atoms with Crippen molar-refractivity contribution in [2.75, 3.05) is 40.1 Å². The second-order valence-electron chi connectivity index (χ2n) is 8.66. The summed E-state index contributed by atoms with van der Waals surface area (Å²) in [4.78, 5) is 11.9. The van der Waals surface area contributed by atoms with Gasteiger partial charge in [0.15, 0.2) is 0 Å². The minimum absolute atomic E-state index is 0.279. The van der Waals surface area contributed by atoms with Crippen LogP contribution in [-0.2, 0) is 9.47 Å². The molecule has 0 radical (unpaired) electrons. The number of unbranched alkanes of at least 4 members (excludes halogenated alkanes) is 6. The minimum Gasteiger partial charge on any atom is -0.476 e. The molecule has 2 atom stereocenters. The van der Waals surface area contributed by atoms with Crippen molar-refractivity contribution in [3.05, 3.63) is 5.69 Å². The van der Waals surface area contributed by atoms with E-state index in [2.05, 4.69) is 29.6 Å². The fourth-order valence-corrected chi connectivity index (χ4v) is 4.52. The molecule has 7 nitrogen and oxygen atoms in total. The van der Waals surface area contributed by atoms with Crippen LogP contribution in [0.2, 0.25) is 0 Å². The summed E-state index contributed by atoms with van der Waals surface area (Å²) >= 11 is 1.22. The average molecular weight is 443 g/mol. The van der Waals surface area contributed by atoms with E-state index >= 15 is 0 Å². The highest BCUT2D eigenvalue weighted by Gasteiger charge is 2.36. The maximum absolute atomic E-state index is 11.9. The van der Waals surface area contributed by atoms with Gasteiger partial charge in [0.25, 0.3) is 0 Å². The van der Waals surface area contributed by atoms with Crippen LogP contribution in [-0.4, -0.2) is 59.5 Å². The Labute approximate surface area is 186 Å². The molecule has 0 aromatic carbocycles. The van der Waals surface area contributed by atoms with E-state index in [1.807, 2.05) is 0 Å². The topological polar surface area (TPSA) is 70.5 Å². The van der Waals surface area contributed by atoms with Crippen LogP contribution in [0.4, 0.5) is 4.79 Å². The number of quaternary nitrogens is 1. The Bertz CT molecular complexity index is 613. The normalized spacial score (nSPS) is 21.4. The predicted octanol–water partition coefficient (Wildman–Crippen LogP) is 5.51. The van der Waals surface area contributed by atoms with E-state index in [0.29, 0.717) is 30.3 Å². The molecule has 0 aliphatic carbocycles. The third-order valence-electron chi connectivity index (χ3n) is 5.73. The number of likely N-dealkylation sites (tertiary alicyclic amines) is 1. The molecule has 0 amide bonds. The van der Waals surface area contributed by atoms with E-state index in [1.54, 1.807) is 0 Å². The van der Waals surface area contributed by atoms with Gasteiger partial charge >= 0.3 is 6.16 Å². The van der Waals surface area contributed by atoms with E-state index in [0.717, 1.165) is 50.9 Å². The molecular formula is C22H40N3O4S+. The standard InChI is InChI=1S/C22H40N3O4S/c1-4-6-8-10-15-27-21-20(23-30-24-21)19-13-12-14-25(3,17-19)18-29-22(26)28-16-11-9-7-5-2/h19H,4-18H2,1-3H3/q+1. The lowest BCUT2D eigenvalue weighted by molar-refractivity contribution is -0.931. The molecule has 1 aromatic rings. The second-order valence-corrected chi connectivity index (χ2v) is 9.19. The Balaban J connectivity index is 1.77. The molecule has 30 heavy (non-hydrogen) atoms. The van der Waals surface area contributed by atoms with Crippen LogP contribution in [0.3, 0.4) is 0 Å². The number of likely N-dealkylation sites (N-methyl/N-ethyl adjacent to an activating group) is 1. The smallest absolute Gasteiger partial charge is 0.476 e. The first-order chi connectivity index (χ1) is 14.6. The van der Waals surface area contributed by atoms with Gasteiger partial charge in [-0.3, -0.25) is 4.48 Å². The Morgan fingerprint density at radius 3 is 2.50 bits per heavy atom. The molecule has 1 aliphatic heterocycles. The first-order valence-electron chi connectivity index (χ1n) is 11.7. The van der Waals surface area contributed by atoms with E-state index in [9.17, 15) is 4.79 Å². The van der Waals surface area contributed by atoms with Crippen LogP contribution in [0.15, 0.2) is 0 Å². The van der Waals surface area contributed by atoms with E-state index < -0.39 is 6.16 Å². The second kappa shape index (κ2) is 13.8. The van der Waals surface area contributed by atoms with Gasteiger partial charge < -0.3 is 14.2 Å². The molecule has 1 aromatic heterocycles. The monoisotopic (exact) mass is 442 g/mol. The summed E-state index contributed by atoms with van der Waals surface area (Å²) < 4.78 is 26.2. The van der Waals surface area contributed by atoms with Gasteiger partial charge in [-0.25, -0.2) is 4.79 Å². The quantitative estimate of drug-likeness (QED) is 0.215. The highest BCUT2D eigenvalue weighted by molar-refractivity contribution is 6.99. The summed E-state index contributed by atoms with van der Waals surface area (Å²) in [6.45, 7) is 7.68. The van der Waals surface area contributed by atoms with Gasteiger partial charge in [0.05, 0.1) is 51.0 Å². The number of ether oxygens (including phenoxy) is 3. The lowest BCUT2D eigenvalue weighted by Gasteiger charge is -2.39. The molecule has 8 heteroatoms. The SMILES string of the molecule is CCCCCCOC(=O)OC[N+]1(C)CCCC(c2nsnc2OCCCCCC)C1. The Morgan fingerprint density at radius 2 is 1.77 bits per heavy atom. The highest BCUT2D eigenvalue weighted by atomic mass is 32.1. The van der Waals surface area contributed by atoms with Crippen molar-refractivity contribution in [3.8, 4) is 5.88 Å². The largest absolute Gasteiger partial charge is 0.512 e. The van der Waals surface area contributed by atoms with Crippen molar-refractivity contribution in [2.45, 2.75) is 84.0 Å². The van der Waals surface area contributed by atoms with Crippen molar-refractivity contribution in [3.63, 3.8) is 0 Å². The number of carbonyl (C=O) groups is 1. The summed E-state index contributed by atoms with van der Waals surface area (Å²) in [6, 6.07) is 0. The van der Waals surface area contributed by atoms with Gasteiger partial charge in [-0.05, 0) is 25.7 Å². The Kier molecular flexibility index (Phi) is 11.4. The molecule has 0 spiro atoms. The van der Waals surface area contributed by atoms with E-state index in [-0.39, 0.29) is 5.92 Å². The average Bonchev–Trinajstić information content (AvgIpc) is 3.21. The summed E-state index contributed by atoms with van der Waals surface area (Å²) in [6.07, 6.45) is 10.6. The van der Waals surface area contributed by atoms with Crippen LogP contribution < -0.4 is 4.74 Å². The first kappa shape index (κ1) is 24.9. The molecule has 2 unspecified atom stereocenters. The zero-order valence-corrected chi connectivity index (χ0v) is 19.9. The molecule has 2 rings (SSSR count). The van der Waals surface area contributed by atoms with Crippen LogP contribution in [0.1, 0.15) is 89.7 Å². The summed E-state index contributed by atoms with van der Waals surface area (Å²) in [7, 11) is 2.13. The zero-order chi connectivity index (χ0) is 21.7. The number of piperidine rings is 1. The molecule has 1 aliphatic rings. The maximum Gasteiger partial charge on any atom is 0.512 e. The molecular weight excluding hydrogens is 402 g/mol. The van der Waals surface area contributed by atoms with Crippen LogP contribution >= 0.6 is 11.7 Å². The third-order valence-corrected chi connectivity index (χ3v) is 6.25. The van der Waals surface area contributed by atoms with Crippen LogP contribution in [0.5, 0.6) is 5.88 Å². The number of hydrogen-bond acceptors (Lipinski definition) is 7. The van der Waals surface area contributed by atoms with E-state index in [4.69, 9.17) is 14.2 Å². The first-order valence-corrected chi connectivity index (χ1v) is 12.4. The Morgan fingerprint density at radius 1 is 1.03 bits per heavy atom. The number of nitrogens with zero attached hydrogens (tertiary/aromatic N) is 3. The molecule has 1 fully saturated rings. The Hall–Kier alpha value is -1.41. The number of hydrogen-bond donors (Lipinski definition) is 0. The zero-order valence-electron chi connectivity index (χ0n) is 19.1. The van der Waals surface area contributed by atoms with E-state index in [1.165, 1.54) is 43.8 Å². The highest BCUT2D eigenvalue weighted by Crippen LogP contribution is 2.34. The number of carbonyl (C=O) groups excluding carboxylic acids is 1. The minimum atomic E-state index is -0.556.